The monoisotopic (exact) mass is 414 g/mol. The van der Waals surface area contributed by atoms with Gasteiger partial charge in [0.05, 0.1) is 11.4 Å². The van der Waals surface area contributed by atoms with Gasteiger partial charge in [-0.2, -0.15) is 0 Å². The quantitative estimate of drug-likeness (QED) is 0.589. The first-order valence-corrected chi connectivity index (χ1v) is 10.3. The second-order valence-electron chi connectivity index (χ2n) is 8.24. The molecule has 3 N–H and O–H groups in total. The van der Waals surface area contributed by atoms with Crippen molar-refractivity contribution < 1.29 is 9.59 Å². The van der Waals surface area contributed by atoms with Gasteiger partial charge in [0.1, 0.15) is 0 Å². The van der Waals surface area contributed by atoms with Crippen LogP contribution >= 0.6 is 0 Å². The molecule has 0 aliphatic heterocycles. The lowest BCUT2D eigenvalue weighted by Gasteiger charge is -2.20. The predicted molar refractivity (Wildman–Crippen MR) is 125 cm³/mol. The van der Waals surface area contributed by atoms with Gasteiger partial charge in [0.2, 0.25) is 5.91 Å². The van der Waals surface area contributed by atoms with E-state index in [4.69, 9.17) is 10.7 Å². The van der Waals surface area contributed by atoms with Crippen molar-refractivity contribution in [1.29, 1.82) is 0 Å². The molecular weight excluding hydrogens is 386 g/mol. The summed E-state index contributed by atoms with van der Waals surface area (Å²) in [7, 11) is 0. The molecule has 0 fully saturated rings. The predicted octanol–water partition coefficient (Wildman–Crippen LogP) is 5.10. The molecule has 2 amide bonds. The third-order valence-electron chi connectivity index (χ3n) is 5.15. The van der Waals surface area contributed by atoms with E-state index in [0.29, 0.717) is 17.2 Å². The molecule has 3 rings (SSSR count). The Labute approximate surface area is 183 Å². The van der Waals surface area contributed by atoms with E-state index in [1.165, 1.54) is 6.07 Å². The number of carbonyl (C=O) groups is 2. The van der Waals surface area contributed by atoms with Crippen LogP contribution in [-0.4, -0.2) is 16.8 Å². The van der Waals surface area contributed by atoms with E-state index >= 15 is 0 Å². The number of nitrogens with one attached hydrogen (secondary N) is 1. The number of nitrogens with zero attached hydrogens (tertiary/aromatic N) is 1. The highest BCUT2D eigenvalue weighted by atomic mass is 16.2. The number of amides is 2. The fourth-order valence-electron chi connectivity index (χ4n) is 3.55. The Kier molecular flexibility index (Phi) is 6.54. The van der Waals surface area contributed by atoms with Crippen LogP contribution in [0.15, 0.2) is 48.5 Å². The first kappa shape index (κ1) is 22.2. The van der Waals surface area contributed by atoms with E-state index in [9.17, 15) is 9.59 Å². The summed E-state index contributed by atoms with van der Waals surface area (Å²) in [5.74, 6) is -0.487. The molecule has 0 saturated heterocycles. The minimum absolute atomic E-state index is 0.284. The molecule has 5 nitrogen and oxygen atoms in total. The highest BCUT2D eigenvalue weighted by Crippen LogP contribution is 2.36. The van der Waals surface area contributed by atoms with Crippen molar-refractivity contribution in [2.75, 3.05) is 5.32 Å². The minimum atomic E-state index is -0.578. The van der Waals surface area contributed by atoms with Crippen molar-refractivity contribution in [3.8, 4) is 11.1 Å². The fourth-order valence-corrected chi connectivity index (χ4v) is 3.55. The SMILES string of the molecule is [CH2]c1c(CC(C)C)nc(C)c(NC(=O)c2cccc(C(N)=O)c2)c1-c1ccc(C)cc1. The summed E-state index contributed by atoms with van der Waals surface area (Å²) in [5.41, 5.74) is 12.0. The van der Waals surface area contributed by atoms with Crippen LogP contribution in [0.2, 0.25) is 0 Å². The highest BCUT2D eigenvalue weighted by molar-refractivity contribution is 6.08. The molecule has 0 bridgehead atoms. The molecule has 5 heteroatoms. The topological polar surface area (TPSA) is 85.1 Å². The van der Waals surface area contributed by atoms with E-state index < -0.39 is 5.91 Å². The van der Waals surface area contributed by atoms with Crippen molar-refractivity contribution in [3.63, 3.8) is 0 Å². The van der Waals surface area contributed by atoms with Gasteiger partial charge in [-0.1, -0.05) is 49.7 Å². The van der Waals surface area contributed by atoms with Crippen LogP contribution in [0.3, 0.4) is 0 Å². The molecule has 1 aromatic heterocycles. The summed E-state index contributed by atoms with van der Waals surface area (Å²) < 4.78 is 0. The zero-order valence-electron chi connectivity index (χ0n) is 18.5. The molecule has 0 atom stereocenters. The number of benzene rings is 2. The van der Waals surface area contributed by atoms with Crippen LogP contribution in [0.25, 0.3) is 11.1 Å². The molecular formula is C26H28N3O2. The van der Waals surface area contributed by atoms with Crippen LogP contribution in [-0.2, 0) is 6.42 Å². The number of aryl methyl sites for hydroxylation is 2. The first-order chi connectivity index (χ1) is 14.7. The van der Waals surface area contributed by atoms with E-state index in [1.54, 1.807) is 18.2 Å². The third kappa shape index (κ3) is 5.00. The Bertz CT molecular complexity index is 1130. The number of carbonyl (C=O) groups excluding carboxylic acids is 2. The van der Waals surface area contributed by atoms with Gasteiger partial charge in [-0.15, -0.1) is 0 Å². The zero-order chi connectivity index (χ0) is 22.7. The summed E-state index contributed by atoms with van der Waals surface area (Å²) in [5, 5.41) is 3.00. The van der Waals surface area contributed by atoms with Crippen LogP contribution < -0.4 is 11.1 Å². The minimum Gasteiger partial charge on any atom is -0.366 e. The number of anilines is 1. The summed E-state index contributed by atoms with van der Waals surface area (Å²) >= 11 is 0. The van der Waals surface area contributed by atoms with Crippen molar-refractivity contribution in [1.82, 2.24) is 4.98 Å². The van der Waals surface area contributed by atoms with Gasteiger partial charge in [-0.25, -0.2) is 0 Å². The Morgan fingerprint density at radius 3 is 2.32 bits per heavy atom. The number of nitrogens with two attached hydrogens (primary N) is 1. The summed E-state index contributed by atoms with van der Waals surface area (Å²) in [6, 6.07) is 14.5. The van der Waals surface area contributed by atoms with Crippen molar-refractivity contribution in [2.24, 2.45) is 11.7 Å². The second-order valence-corrected chi connectivity index (χ2v) is 8.24. The number of hydrogen-bond acceptors (Lipinski definition) is 3. The van der Waals surface area contributed by atoms with Crippen LogP contribution in [0.1, 0.15) is 57.1 Å². The van der Waals surface area contributed by atoms with Crippen LogP contribution in [0, 0.1) is 26.7 Å². The van der Waals surface area contributed by atoms with Gasteiger partial charge in [0.15, 0.2) is 0 Å². The molecule has 3 aromatic rings. The number of rotatable bonds is 6. The zero-order valence-corrected chi connectivity index (χ0v) is 18.5. The summed E-state index contributed by atoms with van der Waals surface area (Å²) in [4.78, 5) is 29.3. The maximum absolute atomic E-state index is 13.0. The van der Waals surface area contributed by atoms with E-state index in [-0.39, 0.29) is 11.5 Å². The van der Waals surface area contributed by atoms with Crippen molar-refractivity contribution >= 4 is 17.5 Å². The highest BCUT2D eigenvalue weighted by Gasteiger charge is 2.20. The molecule has 2 aromatic carbocycles. The molecule has 0 spiro atoms. The van der Waals surface area contributed by atoms with Gasteiger partial charge in [-0.05, 0) is 62.4 Å². The molecule has 1 heterocycles. The van der Waals surface area contributed by atoms with E-state index in [2.05, 4.69) is 26.1 Å². The summed E-state index contributed by atoms with van der Waals surface area (Å²) in [6.45, 7) is 12.5. The molecule has 159 valence electrons. The number of pyridine rings is 1. The lowest BCUT2D eigenvalue weighted by Crippen LogP contribution is -2.17. The molecule has 0 aliphatic rings. The molecule has 0 aliphatic carbocycles. The smallest absolute Gasteiger partial charge is 0.255 e. The average Bonchev–Trinajstić information content (AvgIpc) is 2.72. The van der Waals surface area contributed by atoms with Gasteiger partial charge in [0.25, 0.3) is 5.91 Å². The van der Waals surface area contributed by atoms with Crippen molar-refractivity contribution in [3.05, 3.63) is 89.1 Å². The number of hydrogen-bond donors (Lipinski definition) is 2. The fraction of sp³-hybridized carbons (Fsp3) is 0.231. The lowest BCUT2D eigenvalue weighted by molar-refractivity contribution is 0.1000. The second kappa shape index (κ2) is 9.13. The Morgan fingerprint density at radius 2 is 1.71 bits per heavy atom. The Morgan fingerprint density at radius 1 is 1.06 bits per heavy atom. The van der Waals surface area contributed by atoms with Crippen LogP contribution in [0.5, 0.6) is 0 Å². The molecule has 1 radical (unpaired) electrons. The first-order valence-electron chi connectivity index (χ1n) is 10.3. The normalized spacial score (nSPS) is 10.9. The van der Waals surface area contributed by atoms with Gasteiger partial charge < -0.3 is 11.1 Å². The van der Waals surface area contributed by atoms with Gasteiger partial charge in [-0.3, -0.25) is 14.6 Å². The number of primary amides is 1. The van der Waals surface area contributed by atoms with E-state index in [0.717, 1.165) is 40.1 Å². The lowest BCUT2D eigenvalue weighted by atomic mass is 9.93. The van der Waals surface area contributed by atoms with Crippen molar-refractivity contribution in [2.45, 2.75) is 34.1 Å². The van der Waals surface area contributed by atoms with Crippen LogP contribution in [0.4, 0.5) is 5.69 Å². The molecule has 0 unspecified atom stereocenters. The summed E-state index contributed by atoms with van der Waals surface area (Å²) in [6.07, 6.45) is 0.799. The maximum atomic E-state index is 13.0. The largest absolute Gasteiger partial charge is 0.366 e. The number of aromatic nitrogens is 1. The molecule has 0 saturated carbocycles. The van der Waals surface area contributed by atoms with Gasteiger partial charge in [0, 0.05) is 22.4 Å². The third-order valence-corrected chi connectivity index (χ3v) is 5.15. The van der Waals surface area contributed by atoms with Gasteiger partial charge >= 0.3 is 0 Å². The molecule has 31 heavy (non-hydrogen) atoms. The standard InChI is InChI=1S/C26H28N3O2/c1-15(2)13-22-17(4)23(19-11-9-16(3)10-12-19)24(18(5)28-22)29-26(31)21-8-6-7-20(14-21)25(27)30/h6-12,14-15H,4,13H2,1-3,5H3,(H2,27,30)(H,29,31). The Balaban J connectivity index is 2.11. The average molecular weight is 415 g/mol. The Hall–Kier alpha value is -3.47. The maximum Gasteiger partial charge on any atom is 0.255 e. The van der Waals surface area contributed by atoms with E-state index in [1.807, 2.05) is 38.1 Å².